The number of aromatic nitrogens is 2. The Morgan fingerprint density at radius 2 is 2.00 bits per heavy atom. The summed E-state index contributed by atoms with van der Waals surface area (Å²) in [6.45, 7) is 2.00. The third-order valence-electron chi connectivity index (χ3n) is 2.29. The number of carbonyl (C=O) groups is 1. The number of hydrogen-bond donors (Lipinski definition) is 2. The lowest BCUT2D eigenvalue weighted by Crippen LogP contribution is -2.14. The summed E-state index contributed by atoms with van der Waals surface area (Å²) in [5.74, 6) is -0.142. The van der Waals surface area contributed by atoms with Gasteiger partial charge in [0.2, 0.25) is 0 Å². The first-order valence-corrected chi connectivity index (χ1v) is 5.10. The molecule has 1 aromatic heterocycles. The molecule has 0 fully saturated rings. The van der Waals surface area contributed by atoms with Crippen LogP contribution in [0.2, 0.25) is 0 Å². The summed E-state index contributed by atoms with van der Waals surface area (Å²) in [6.07, 6.45) is 2.76. The summed E-state index contributed by atoms with van der Waals surface area (Å²) < 4.78 is 0. The molecule has 2 aromatic rings. The summed E-state index contributed by atoms with van der Waals surface area (Å²) >= 11 is 0. The van der Waals surface area contributed by atoms with E-state index < -0.39 is 5.91 Å². The number of anilines is 2. The first-order chi connectivity index (χ1) is 8.16. The van der Waals surface area contributed by atoms with Crippen LogP contribution in [-0.2, 0) is 0 Å². The van der Waals surface area contributed by atoms with E-state index >= 15 is 0 Å². The third-order valence-corrected chi connectivity index (χ3v) is 2.29. The number of nitrogens with two attached hydrogens (primary N) is 1. The van der Waals surface area contributed by atoms with Gasteiger partial charge in [0.05, 0.1) is 0 Å². The molecule has 0 aliphatic heterocycles. The second-order valence-corrected chi connectivity index (χ2v) is 3.64. The average Bonchev–Trinajstić information content (AvgIpc) is 2.32. The molecule has 17 heavy (non-hydrogen) atoms. The molecule has 0 radical (unpaired) electrons. The molecule has 0 saturated carbocycles. The normalized spacial score (nSPS) is 9.94. The Hall–Kier alpha value is -2.43. The second kappa shape index (κ2) is 4.61. The van der Waals surface area contributed by atoms with E-state index in [0.717, 1.165) is 11.3 Å². The first-order valence-electron chi connectivity index (χ1n) is 5.10. The maximum atomic E-state index is 11.2. The van der Waals surface area contributed by atoms with Crippen molar-refractivity contribution in [2.75, 3.05) is 5.32 Å². The Kier molecular flexibility index (Phi) is 3.00. The minimum absolute atomic E-state index is 0.271. The molecule has 1 aromatic carbocycles. The van der Waals surface area contributed by atoms with E-state index in [1.165, 1.54) is 12.5 Å². The van der Waals surface area contributed by atoms with Crippen LogP contribution in [0.3, 0.4) is 0 Å². The van der Waals surface area contributed by atoms with Gasteiger partial charge in [0.15, 0.2) is 0 Å². The van der Waals surface area contributed by atoms with Crippen molar-refractivity contribution in [2.24, 2.45) is 5.73 Å². The topological polar surface area (TPSA) is 80.9 Å². The first kappa shape index (κ1) is 11.1. The minimum atomic E-state index is -0.555. The molecular formula is C12H12N4O. The maximum Gasteiger partial charge on any atom is 0.254 e. The van der Waals surface area contributed by atoms with Crippen LogP contribution < -0.4 is 11.1 Å². The van der Waals surface area contributed by atoms with Crippen molar-refractivity contribution in [2.45, 2.75) is 6.92 Å². The lowest BCUT2D eigenvalue weighted by Gasteiger charge is -2.08. The van der Waals surface area contributed by atoms with Crippen molar-refractivity contribution in [1.82, 2.24) is 9.97 Å². The van der Waals surface area contributed by atoms with E-state index in [1.54, 1.807) is 0 Å². The monoisotopic (exact) mass is 228 g/mol. The molecule has 3 N–H and O–H groups in total. The number of amides is 1. The van der Waals surface area contributed by atoms with Crippen LogP contribution in [0.5, 0.6) is 0 Å². The molecule has 2 rings (SSSR count). The van der Waals surface area contributed by atoms with Gasteiger partial charge >= 0.3 is 0 Å². The van der Waals surface area contributed by atoms with E-state index in [4.69, 9.17) is 5.73 Å². The molecule has 0 atom stereocenters. The van der Waals surface area contributed by atoms with E-state index in [1.807, 2.05) is 31.2 Å². The molecule has 0 spiro atoms. The smallest absolute Gasteiger partial charge is 0.254 e. The minimum Gasteiger partial charge on any atom is -0.365 e. The van der Waals surface area contributed by atoms with E-state index in [9.17, 15) is 4.79 Å². The number of benzene rings is 1. The highest BCUT2D eigenvalue weighted by Gasteiger charge is 2.09. The fraction of sp³-hybridized carbons (Fsp3) is 0.0833. The number of rotatable bonds is 3. The van der Waals surface area contributed by atoms with Crippen LogP contribution in [-0.4, -0.2) is 15.9 Å². The Morgan fingerprint density at radius 3 is 2.65 bits per heavy atom. The third kappa shape index (κ3) is 2.57. The standard InChI is InChI=1S/C12H12N4O/c1-8-2-4-9(5-3-8)16-12-10(11(13)17)6-14-7-15-12/h2-7H,1H3,(H2,13,17)(H,14,15,16). The fourth-order valence-electron chi connectivity index (χ4n) is 1.38. The quantitative estimate of drug-likeness (QED) is 0.836. The molecule has 0 aliphatic rings. The van der Waals surface area contributed by atoms with Crippen LogP contribution in [0.1, 0.15) is 15.9 Å². The molecule has 5 nitrogen and oxygen atoms in total. The molecule has 5 heteroatoms. The van der Waals surface area contributed by atoms with E-state index in [-0.39, 0.29) is 5.56 Å². The van der Waals surface area contributed by atoms with Gasteiger partial charge in [-0.1, -0.05) is 17.7 Å². The van der Waals surface area contributed by atoms with Crippen molar-refractivity contribution in [3.63, 3.8) is 0 Å². The Balaban J connectivity index is 2.30. The second-order valence-electron chi connectivity index (χ2n) is 3.64. The number of carbonyl (C=O) groups excluding carboxylic acids is 1. The van der Waals surface area contributed by atoms with Gasteiger partial charge < -0.3 is 11.1 Å². The number of primary amides is 1. The SMILES string of the molecule is Cc1ccc(Nc2ncncc2C(N)=O)cc1. The summed E-state index contributed by atoms with van der Waals surface area (Å²) in [4.78, 5) is 18.9. The molecular weight excluding hydrogens is 216 g/mol. The largest absolute Gasteiger partial charge is 0.365 e. The van der Waals surface area contributed by atoms with Crippen LogP contribution in [0, 0.1) is 6.92 Å². The lowest BCUT2D eigenvalue weighted by molar-refractivity contribution is 0.100. The van der Waals surface area contributed by atoms with Crippen molar-refractivity contribution in [3.8, 4) is 0 Å². The molecule has 0 unspecified atom stereocenters. The summed E-state index contributed by atoms with van der Waals surface area (Å²) in [5, 5.41) is 3.03. The van der Waals surface area contributed by atoms with Crippen molar-refractivity contribution < 1.29 is 4.79 Å². The summed E-state index contributed by atoms with van der Waals surface area (Å²) in [7, 11) is 0. The fourth-order valence-corrected chi connectivity index (χ4v) is 1.38. The van der Waals surface area contributed by atoms with E-state index in [2.05, 4.69) is 15.3 Å². The molecule has 86 valence electrons. The summed E-state index contributed by atoms with van der Waals surface area (Å²) in [6, 6.07) is 7.74. The molecule has 1 heterocycles. The van der Waals surface area contributed by atoms with Gasteiger partial charge in [-0.05, 0) is 19.1 Å². The van der Waals surface area contributed by atoms with Crippen molar-refractivity contribution in [3.05, 3.63) is 47.9 Å². The van der Waals surface area contributed by atoms with Crippen LogP contribution >= 0.6 is 0 Å². The highest BCUT2D eigenvalue weighted by molar-refractivity contribution is 5.97. The van der Waals surface area contributed by atoms with Gasteiger partial charge in [-0.25, -0.2) is 9.97 Å². The van der Waals surface area contributed by atoms with Gasteiger partial charge in [-0.3, -0.25) is 4.79 Å². The van der Waals surface area contributed by atoms with Gasteiger partial charge in [-0.2, -0.15) is 0 Å². The zero-order chi connectivity index (χ0) is 12.3. The number of hydrogen-bond acceptors (Lipinski definition) is 4. The maximum absolute atomic E-state index is 11.2. The summed E-state index contributed by atoms with van der Waals surface area (Å²) in [5.41, 5.74) is 7.51. The van der Waals surface area contributed by atoms with Gasteiger partial charge in [-0.15, -0.1) is 0 Å². The van der Waals surface area contributed by atoms with Crippen LogP contribution in [0.4, 0.5) is 11.5 Å². The van der Waals surface area contributed by atoms with Crippen molar-refractivity contribution in [1.29, 1.82) is 0 Å². The van der Waals surface area contributed by atoms with Crippen LogP contribution in [0.15, 0.2) is 36.8 Å². The highest BCUT2D eigenvalue weighted by Crippen LogP contribution is 2.17. The molecule has 0 saturated heterocycles. The van der Waals surface area contributed by atoms with Gasteiger partial charge in [0.25, 0.3) is 5.91 Å². The Labute approximate surface area is 98.7 Å². The van der Waals surface area contributed by atoms with E-state index in [0.29, 0.717) is 5.82 Å². The number of nitrogens with zero attached hydrogens (tertiary/aromatic N) is 2. The molecule has 0 aliphatic carbocycles. The zero-order valence-corrected chi connectivity index (χ0v) is 9.34. The number of nitrogens with one attached hydrogen (secondary N) is 1. The van der Waals surface area contributed by atoms with Crippen molar-refractivity contribution >= 4 is 17.4 Å². The highest BCUT2D eigenvalue weighted by atomic mass is 16.1. The molecule has 1 amide bonds. The predicted molar refractivity (Wildman–Crippen MR) is 65.0 cm³/mol. The number of aryl methyl sites for hydroxylation is 1. The Bertz CT molecular complexity index is 536. The predicted octanol–water partition coefficient (Wildman–Crippen LogP) is 1.63. The zero-order valence-electron chi connectivity index (χ0n) is 9.34. The lowest BCUT2D eigenvalue weighted by atomic mass is 10.2. The van der Waals surface area contributed by atoms with Crippen LogP contribution in [0.25, 0.3) is 0 Å². The molecule has 0 bridgehead atoms. The van der Waals surface area contributed by atoms with Gasteiger partial charge in [0.1, 0.15) is 17.7 Å². The average molecular weight is 228 g/mol. The Morgan fingerprint density at radius 1 is 1.29 bits per heavy atom. The van der Waals surface area contributed by atoms with Gasteiger partial charge in [0, 0.05) is 11.9 Å².